The molecule has 0 N–H and O–H groups in total. The van der Waals surface area contributed by atoms with Crippen LogP contribution in [0.2, 0.25) is 0 Å². The third-order valence-corrected chi connectivity index (χ3v) is 4.75. The molecule has 4 aromatic rings. The minimum atomic E-state index is 0.500. The van der Waals surface area contributed by atoms with Crippen LogP contribution in [-0.2, 0) is 14.1 Å². The van der Waals surface area contributed by atoms with Gasteiger partial charge in [0.2, 0.25) is 0 Å². The molecule has 0 aromatic carbocycles. The number of pyridine rings is 1. The van der Waals surface area contributed by atoms with Crippen LogP contribution < -0.4 is 0 Å². The van der Waals surface area contributed by atoms with E-state index in [1.165, 1.54) is 22.0 Å². The Morgan fingerprint density at radius 1 is 0.808 bits per heavy atom. The van der Waals surface area contributed by atoms with E-state index < -0.39 is 0 Å². The summed E-state index contributed by atoms with van der Waals surface area (Å²) < 4.78 is 4.26. The second-order valence-electron chi connectivity index (χ2n) is 7.36. The van der Waals surface area contributed by atoms with Crippen LogP contribution >= 0.6 is 0 Å². The van der Waals surface area contributed by atoms with Crippen molar-refractivity contribution < 1.29 is 0 Å². The molecule has 5 heteroatoms. The summed E-state index contributed by atoms with van der Waals surface area (Å²) in [5, 5.41) is 9.34. The first-order valence-corrected chi connectivity index (χ1v) is 9.05. The lowest BCUT2D eigenvalue weighted by molar-refractivity contribution is 0.854. The van der Waals surface area contributed by atoms with Gasteiger partial charge in [0.05, 0.1) is 17.2 Å². The van der Waals surface area contributed by atoms with Gasteiger partial charge in [-0.3, -0.25) is 4.98 Å². The van der Waals surface area contributed by atoms with Gasteiger partial charge in [0.25, 0.3) is 0 Å². The molecule has 26 heavy (non-hydrogen) atoms. The van der Waals surface area contributed by atoms with Crippen LogP contribution in [0.15, 0.2) is 43.1 Å². The van der Waals surface area contributed by atoms with E-state index >= 15 is 0 Å². The summed E-state index contributed by atoms with van der Waals surface area (Å²) >= 11 is 0. The largest absolute Gasteiger partial charge is 0.350 e. The van der Waals surface area contributed by atoms with E-state index in [0.29, 0.717) is 11.8 Å². The van der Waals surface area contributed by atoms with Crippen LogP contribution in [0, 0.1) is 0 Å². The van der Waals surface area contributed by atoms with Gasteiger partial charge >= 0.3 is 0 Å². The lowest BCUT2D eigenvalue weighted by Gasteiger charge is -2.00. The third kappa shape index (κ3) is 3.34. The summed E-state index contributed by atoms with van der Waals surface area (Å²) in [6.07, 6.45) is 9.84. The summed E-state index contributed by atoms with van der Waals surface area (Å²) in [7, 11) is 4.12. The van der Waals surface area contributed by atoms with Crippen LogP contribution in [0.1, 0.15) is 50.7 Å². The average molecular weight is 349 g/mol. The highest BCUT2D eigenvalue weighted by molar-refractivity contribution is 5.83. The fourth-order valence-corrected chi connectivity index (χ4v) is 3.30. The van der Waals surface area contributed by atoms with Crippen LogP contribution in [0.5, 0.6) is 0 Å². The number of aromatic nitrogens is 5. The van der Waals surface area contributed by atoms with E-state index in [9.17, 15) is 0 Å². The van der Waals surface area contributed by atoms with Crippen molar-refractivity contribution in [1.82, 2.24) is 24.3 Å². The number of hydrogen-bond acceptors (Lipinski definition) is 3. The first kappa shape index (κ1) is 18.1. The second-order valence-corrected chi connectivity index (χ2v) is 7.36. The molecule has 0 bridgehead atoms. The Bertz CT molecular complexity index is 939. The molecule has 0 aliphatic rings. The van der Waals surface area contributed by atoms with Gasteiger partial charge in [-0.2, -0.15) is 5.10 Å². The molecule has 0 unspecified atom stereocenters. The lowest BCUT2D eigenvalue weighted by Crippen LogP contribution is -1.87. The molecule has 4 rings (SSSR count). The van der Waals surface area contributed by atoms with Crippen molar-refractivity contribution in [2.75, 3.05) is 0 Å². The van der Waals surface area contributed by atoms with Crippen molar-refractivity contribution in [3.63, 3.8) is 0 Å². The molecule has 0 amide bonds. The third-order valence-electron chi connectivity index (χ3n) is 4.75. The fraction of sp³-hybridized carbons (Fsp3) is 0.381. The van der Waals surface area contributed by atoms with Crippen LogP contribution in [0.4, 0.5) is 0 Å². The smallest absolute Gasteiger partial charge is 0.114 e. The van der Waals surface area contributed by atoms with Crippen molar-refractivity contribution in [2.45, 2.75) is 39.5 Å². The first-order valence-electron chi connectivity index (χ1n) is 9.05. The van der Waals surface area contributed by atoms with Crippen molar-refractivity contribution in [2.24, 2.45) is 14.1 Å². The van der Waals surface area contributed by atoms with Crippen LogP contribution in [0.25, 0.3) is 21.9 Å². The zero-order valence-electron chi connectivity index (χ0n) is 16.4. The Hall–Kier alpha value is -2.69. The van der Waals surface area contributed by atoms with Crippen LogP contribution in [-0.4, -0.2) is 24.3 Å². The maximum Gasteiger partial charge on any atom is 0.114 e. The summed E-state index contributed by atoms with van der Waals surface area (Å²) in [5.74, 6) is 1.06. The lowest BCUT2D eigenvalue weighted by atomic mass is 10.0. The number of fused-ring (bicyclic) bond motifs is 2. The zero-order chi connectivity index (χ0) is 18.8. The Labute approximate surface area is 154 Å². The molecular weight excluding hydrogens is 322 g/mol. The van der Waals surface area contributed by atoms with Crippen molar-refractivity contribution >= 4 is 21.9 Å². The van der Waals surface area contributed by atoms with Gasteiger partial charge in [-0.15, -0.1) is 5.10 Å². The molecule has 0 saturated heterocycles. The Kier molecular flexibility index (Phi) is 5.07. The van der Waals surface area contributed by atoms with E-state index in [2.05, 4.69) is 77.5 Å². The molecule has 0 fully saturated rings. The molecule has 0 radical (unpaired) electrons. The van der Waals surface area contributed by atoms with E-state index in [-0.39, 0.29) is 0 Å². The molecule has 5 nitrogen and oxygen atoms in total. The van der Waals surface area contributed by atoms with Gasteiger partial charge in [0, 0.05) is 49.8 Å². The minimum absolute atomic E-state index is 0.500. The molecule has 0 aliphatic heterocycles. The predicted octanol–water partition coefficient (Wildman–Crippen LogP) is 4.79. The Balaban J connectivity index is 0.000000151. The zero-order valence-corrected chi connectivity index (χ0v) is 16.4. The van der Waals surface area contributed by atoms with E-state index in [4.69, 9.17) is 0 Å². The molecule has 0 saturated carbocycles. The highest BCUT2D eigenvalue weighted by Crippen LogP contribution is 2.26. The van der Waals surface area contributed by atoms with Crippen LogP contribution in [0.3, 0.4) is 0 Å². The molecule has 4 aromatic heterocycles. The van der Waals surface area contributed by atoms with Gasteiger partial charge in [-0.1, -0.05) is 27.7 Å². The SMILES string of the molecule is CC(C)c1cn(C)c2ccncc12.CC(C)c1cn(C)c2ccnnc12. The molecule has 0 spiro atoms. The summed E-state index contributed by atoms with van der Waals surface area (Å²) in [6, 6.07) is 4.05. The summed E-state index contributed by atoms with van der Waals surface area (Å²) in [6.45, 7) is 8.76. The number of rotatable bonds is 2. The van der Waals surface area contributed by atoms with Crippen molar-refractivity contribution in [1.29, 1.82) is 0 Å². The molecule has 4 heterocycles. The van der Waals surface area contributed by atoms with Crippen molar-refractivity contribution in [3.8, 4) is 0 Å². The topological polar surface area (TPSA) is 48.5 Å². The van der Waals surface area contributed by atoms with E-state index in [1.807, 2.05) is 25.5 Å². The Morgan fingerprint density at radius 3 is 2.12 bits per heavy atom. The fourth-order valence-electron chi connectivity index (χ4n) is 3.30. The van der Waals surface area contributed by atoms with Gasteiger partial charge in [-0.25, -0.2) is 0 Å². The molecule has 136 valence electrons. The second kappa shape index (κ2) is 7.28. The quantitative estimate of drug-likeness (QED) is 0.523. The Morgan fingerprint density at radius 2 is 1.42 bits per heavy atom. The maximum atomic E-state index is 4.16. The predicted molar refractivity (Wildman–Crippen MR) is 107 cm³/mol. The van der Waals surface area contributed by atoms with Gasteiger partial charge in [-0.05, 0) is 29.5 Å². The summed E-state index contributed by atoms with van der Waals surface area (Å²) in [5.41, 5.74) is 6.09. The highest BCUT2D eigenvalue weighted by atomic mass is 15.1. The van der Waals surface area contributed by atoms with Gasteiger partial charge in [0.1, 0.15) is 5.52 Å². The standard InChI is InChI=1S/C11H14N2.C10H13N3/c1-8(2)10-7-13(3)11-4-5-12-6-9(10)11;1-7(2)8-6-13(3)9-4-5-11-12-10(8)9/h4-8H,1-3H3;4-7H,1-3H3. The normalized spacial score (nSPS) is 11.4. The monoisotopic (exact) mass is 349 g/mol. The van der Waals surface area contributed by atoms with E-state index in [0.717, 1.165) is 11.0 Å². The summed E-state index contributed by atoms with van der Waals surface area (Å²) in [4.78, 5) is 4.16. The molecule has 0 aliphatic carbocycles. The van der Waals surface area contributed by atoms with E-state index in [1.54, 1.807) is 6.20 Å². The molecular formula is C21H27N5. The first-order chi connectivity index (χ1) is 12.4. The van der Waals surface area contributed by atoms with Crippen molar-refractivity contribution in [3.05, 3.63) is 54.2 Å². The number of nitrogens with zero attached hydrogens (tertiary/aromatic N) is 5. The average Bonchev–Trinajstić information content (AvgIpc) is 3.15. The van der Waals surface area contributed by atoms with Gasteiger partial charge < -0.3 is 9.13 Å². The highest BCUT2D eigenvalue weighted by Gasteiger charge is 2.10. The number of aryl methyl sites for hydroxylation is 2. The number of hydrogen-bond donors (Lipinski definition) is 0. The van der Waals surface area contributed by atoms with Gasteiger partial charge in [0.15, 0.2) is 0 Å². The molecule has 0 atom stereocenters. The maximum absolute atomic E-state index is 4.16. The minimum Gasteiger partial charge on any atom is -0.350 e.